The van der Waals surface area contributed by atoms with Crippen LogP contribution in [-0.4, -0.2) is 0 Å². The van der Waals surface area contributed by atoms with Crippen molar-refractivity contribution < 1.29 is 5.79 Å². The minimum Gasteiger partial charge on any atom is -0.460 e. The van der Waals surface area contributed by atoms with E-state index in [-0.39, 0.29) is 5.38 Å². The predicted molar refractivity (Wildman–Crippen MR) is 50.5 cm³/mol. The Labute approximate surface area is 77.3 Å². The summed E-state index contributed by atoms with van der Waals surface area (Å²) in [6.07, 6.45) is 0. The molecule has 0 aliphatic heterocycles. The van der Waals surface area contributed by atoms with Gasteiger partial charge in [0.25, 0.3) is 0 Å². The Morgan fingerprint density at radius 2 is 2.42 bits per heavy atom. The van der Waals surface area contributed by atoms with Crippen LogP contribution in [0.1, 0.15) is 19.4 Å². The Balaban J connectivity index is 2.62. The summed E-state index contributed by atoms with van der Waals surface area (Å²) >= 11 is 5.87. The molecule has 0 radical (unpaired) electrons. The van der Waals surface area contributed by atoms with Gasteiger partial charge >= 0.3 is 0 Å². The molecule has 0 amide bonds. The monoisotopic (exact) mass is 181 g/mol. The van der Waals surface area contributed by atoms with Crippen molar-refractivity contribution in [3.8, 4) is 0 Å². The minimum atomic E-state index is -0.124. The van der Waals surface area contributed by atoms with E-state index in [1.54, 1.807) is 12.1 Å². The third-order valence-corrected chi connectivity index (χ3v) is 1.99. The Kier molecular flexibility index (Phi) is 1.55. The molecule has 1 atom stereocenters. The first kappa shape index (κ1) is 6.55. The van der Waals surface area contributed by atoms with Gasteiger partial charge in [-0.2, -0.15) is 0 Å². The Morgan fingerprint density at radius 1 is 1.58 bits per heavy atom. The zero-order valence-electron chi connectivity index (χ0n) is 7.67. The molecule has 2 aromatic rings. The largest absolute Gasteiger partial charge is 0.460 e. The van der Waals surface area contributed by atoms with Crippen LogP contribution in [0, 0.1) is 0 Å². The van der Waals surface area contributed by atoms with E-state index >= 15 is 0 Å². The van der Waals surface area contributed by atoms with Crippen LogP contribution in [0.3, 0.4) is 0 Å². The molecule has 2 heteroatoms. The van der Waals surface area contributed by atoms with Crippen molar-refractivity contribution in [3.05, 3.63) is 36.1 Å². The molecule has 1 aromatic carbocycles. The van der Waals surface area contributed by atoms with Crippen LogP contribution < -0.4 is 0 Å². The number of benzene rings is 1. The minimum absolute atomic E-state index is 0.124. The maximum atomic E-state index is 7.40. The fourth-order valence-electron chi connectivity index (χ4n) is 1.14. The first-order valence-electron chi connectivity index (χ1n) is 4.31. The van der Waals surface area contributed by atoms with Gasteiger partial charge in [0.05, 0.1) is 6.75 Å². The highest BCUT2D eigenvalue weighted by molar-refractivity contribution is 6.20. The second-order valence-electron chi connectivity index (χ2n) is 2.73. The summed E-state index contributed by atoms with van der Waals surface area (Å²) in [6, 6.07) is 7.66. The summed E-state index contributed by atoms with van der Waals surface area (Å²) < 4.78 is 12.9. The van der Waals surface area contributed by atoms with Crippen LogP contribution in [-0.2, 0) is 0 Å². The number of hydrogen-bond acceptors (Lipinski definition) is 1. The van der Waals surface area contributed by atoms with Crippen molar-refractivity contribution in [2.24, 2.45) is 0 Å². The first-order chi connectivity index (χ1) is 6.16. The lowest BCUT2D eigenvalue weighted by molar-refractivity contribution is 0.551. The number of alkyl halides is 1. The molecule has 1 unspecified atom stereocenters. The third-order valence-electron chi connectivity index (χ3n) is 1.78. The van der Waals surface area contributed by atoms with Crippen molar-refractivity contribution in [2.75, 3.05) is 0 Å². The van der Waals surface area contributed by atoms with Gasteiger partial charge < -0.3 is 4.42 Å². The van der Waals surface area contributed by atoms with Crippen molar-refractivity contribution in [3.63, 3.8) is 0 Å². The molecule has 0 saturated heterocycles. The van der Waals surface area contributed by atoms with E-state index in [1.165, 1.54) is 0 Å². The molecule has 62 valence electrons. The zero-order valence-corrected chi connectivity index (χ0v) is 7.43. The highest BCUT2D eigenvalue weighted by Crippen LogP contribution is 2.26. The lowest BCUT2D eigenvalue weighted by Crippen LogP contribution is -1.75. The Hall–Kier alpha value is -0.950. The molecule has 0 saturated carbocycles. The average molecular weight is 182 g/mol. The van der Waals surface area contributed by atoms with E-state index in [4.69, 9.17) is 17.4 Å². The maximum Gasteiger partial charge on any atom is 0.134 e. The molecule has 0 bridgehead atoms. The molecule has 1 aromatic heterocycles. The SMILES string of the molecule is [2H]c1ccc2cc(C(C)Cl)oc2c1. The lowest BCUT2D eigenvalue weighted by Gasteiger charge is -1.93. The summed E-state index contributed by atoms with van der Waals surface area (Å²) in [5.41, 5.74) is 0.731. The molecule has 12 heavy (non-hydrogen) atoms. The quantitative estimate of drug-likeness (QED) is 0.611. The fourth-order valence-corrected chi connectivity index (χ4v) is 1.25. The van der Waals surface area contributed by atoms with Gasteiger partial charge in [0.2, 0.25) is 0 Å². The van der Waals surface area contributed by atoms with Crippen molar-refractivity contribution >= 4 is 22.6 Å². The Morgan fingerprint density at radius 3 is 3.17 bits per heavy atom. The van der Waals surface area contributed by atoms with E-state index in [1.807, 2.05) is 19.1 Å². The molecule has 0 aliphatic carbocycles. The normalized spacial score (nSPS) is 14.7. The summed E-state index contributed by atoms with van der Waals surface area (Å²) in [6.45, 7) is 1.86. The van der Waals surface area contributed by atoms with E-state index in [0.29, 0.717) is 6.04 Å². The van der Waals surface area contributed by atoms with Gasteiger partial charge in [0.1, 0.15) is 11.3 Å². The summed E-state index contributed by atoms with van der Waals surface area (Å²) in [4.78, 5) is 0. The molecule has 0 aliphatic rings. The van der Waals surface area contributed by atoms with Crippen LogP contribution in [0.5, 0.6) is 0 Å². The standard InChI is InChI=1S/C10H9ClO/c1-7(11)10-6-8-4-2-3-5-9(8)12-10/h2-7H,1H3/i3D. The highest BCUT2D eigenvalue weighted by Gasteiger charge is 2.07. The van der Waals surface area contributed by atoms with Crippen molar-refractivity contribution in [1.29, 1.82) is 0 Å². The number of para-hydroxylation sites is 1. The molecule has 2 rings (SSSR count). The molecule has 1 heterocycles. The van der Waals surface area contributed by atoms with Crippen LogP contribution in [0.2, 0.25) is 0 Å². The van der Waals surface area contributed by atoms with E-state index in [2.05, 4.69) is 0 Å². The maximum absolute atomic E-state index is 7.40. The van der Waals surface area contributed by atoms with Gasteiger partial charge in [0, 0.05) is 5.39 Å². The number of rotatable bonds is 1. The topological polar surface area (TPSA) is 13.1 Å². The summed E-state index contributed by atoms with van der Waals surface area (Å²) in [5, 5.41) is 0.875. The average Bonchev–Trinajstić information content (AvgIpc) is 2.46. The van der Waals surface area contributed by atoms with E-state index in [9.17, 15) is 0 Å². The van der Waals surface area contributed by atoms with Gasteiger partial charge in [-0.05, 0) is 19.1 Å². The highest BCUT2D eigenvalue weighted by atomic mass is 35.5. The molecular weight excluding hydrogens is 172 g/mol. The number of hydrogen-bond donors (Lipinski definition) is 0. The second kappa shape index (κ2) is 2.83. The van der Waals surface area contributed by atoms with Gasteiger partial charge in [-0.15, -0.1) is 11.6 Å². The van der Waals surface area contributed by atoms with Crippen molar-refractivity contribution in [2.45, 2.75) is 12.3 Å². The molecule has 0 fully saturated rings. The molecule has 0 spiro atoms. The first-order valence-corrected chi connectivity index (χ1v) is 4.24. The molecule has 1 nitrogen and oxygen atoms in total. The summed E-state index contributed by atoms with van der Waals surface area (Å²) in [5.74, 6) is 0.752. The number of halogens is 1. The Bertz CT molecular complexity index is 433. The molecular formula is C10H9ClO. The number of fused-ring (bicyclic) bond motifs is 1. The predicted octanol–water partition coefficient (Wildman–Crippen LogP) is 3.73. The van der Waals surface area contributed by atoms with Gasteiger partial charge in [-0.1, -0.05) is 18.2 Å². The second-order valence-corrected chi connectivity index (χ2v) is 3.38. The smallest absolute Gasteiger partial charge is 0.134 e. The zero-order chi connectivity index (χ0) is 9.42. The van der Waals surface area contributed by atoms with Crippen LogP contribution in [0.25, 0.3) is 11.0 Å². The lowest BCUT2D eigenvalue weighted by atomic mass is 10.2. The van der Waals surface area contributed by atoms with Crippen LogP contribution in [0.4, 0.5) is 0 Å². The van der Waals surface area contributed by atoms with Crippen molar-refractivity contribution in [1.82, 2.24) is 0 Å². The fraction of sp³-hybridized carbons (Fsp3) is 0.200. The third kappa shape index (κ3) is 1.21. The number of furan rings is 1. The van der Waals surface area contributed by atoms with Gasteiger partial charge in [-0.25, -0.2) is 0 Å². The van der Waals surface area contributed by atoms with Gasteiger partial charge in [-0.3, -0.25) is 0 Å². The van der Waals surface area contributed by atoms with Gasteiger partial charge in [0.15, 0.2) is 0 Å². The van der Waals surface area contributed by atoms with E-state index < -0.39 is 0 Å². The van der Waals surface area contributed by atoms with Crippen LogP contribution in [0.15, 0.2) is 34.7 Å². The molecule has 0 N–H and O–H groups in total. The van der Waals surface area contributed by atoms with Crippen LogP contribution >= 0.6 is 11.6 Å². The summed E-state index contributed by atoms with van der Waals surface area (Å²) in [7, 11) is 0. The van der Waals surface area contributed by atoms with E-state index in [0.717, 1.165) is 16.7 Å².